The lowest BCUT2D eigenvalue weighted by molar-refractivity contribution is -0.119. The number of hydrogen-bond acceptors (Lipinski definition) is 6. The van der Waals surface area contributed by atoms with E-state index in [1.807, 2.05) is 0 Å². The number of carbonyl (C=O) groups is 2. The molecule has 2 aromatic rings. The van der Waals surface area contributed by atoms with E-state index in [4.69, 9.17) is 4.74 Å². The van der Waals surface area contributed by atoms with Gasteiger partial charge in [-0.15, -0.1) is 0 Å². The van der Waals surface area contributed by atoms with Crippen LogP contribution in [0.2, 0.25) is 0 Å². The molecule has 1 amide bonds. The zero-order valence-electron chi connectivity index (χ0n) is 16.6. The molecule has 2 heterocycles. The predicted octanol–water partition coefficient (Wildman–Crippen LogP) is 2.21. The van der Waals surface area contributed by atoms with Gasteiger partial charge in [-0.25, -0.2) is 13.2 Å². The average Bonchev–Trinajstić information content (AvgIpc) is 3.38. The first kappa shape index (κ1) is 22.7. The van der Waals surface area contributed by atoms with Crippen LogP contribution in [0.15, 0.2) is 41.4 Å². The molecular formula is C19H21F2N3O6S. The molecule has 0 bridgehead atoms. The van der Waals surface area contributed by atoms with Crippen LogP contribution >= 0.6 is 0 Å². The van der Waals surface area contributed by atoms with Crippen molar-refractivity contribution >= 4 is 27.6 Å². The Morgan fingerprint density at radius 2 is 1.81 bits per heavy atom. The van der Waals surface area contributed by atoms with Crippen LogP contribution in [0.5, 0.6) is 5.75 Å². The van der Waals surface area contributed by atoms with Gasteiger partial charge in [-0.05, 0) is 43.2 Å². The number of amides is 1. The fourth-order valence-electron chi connectivity index (χ4n) is 3.08. The van der Waals surface area contributed by atoms with E-state index in [1.54, 1.807) is 0 Å². The highest BCUT2D eigenvalue weighted by atomic mass is 32.2. The molecule has 0 aliphatic carbocycles. The highest BCUT2D eigenvalue weighted by molar-refractivity contribution is 7.89. The van der Waals surface area contributed by atoms with Gasteiger partial charge >= 0.3 is 12.6 Å². The van der Waals surface area contributed by atoms with Crippen LogP contribution in [0, 0.1) is 0 Å². The van der Waals surface area contributed by atoms with E-state index < -0.39 is 35.1 Å². The second-order valence-electron chi connectivity index (χ2n) is 6.81. The smallest absolute Gasteiger partial charge is 0.387 e. The summed E-state index contributed by atoms with van der Waals surface area (Å²) < 4.78 is 61.4. The molecule has 1 aliphatic rings. The van der Waals surface area contributed by atoms with Crippen molar-refractivity contribution < 1.29 is 36.3 Å². The van der Waals surface area contributed by atoms with Gasteiger partial charge in [-0.1, -0.05) is 0 Å². The van der Waals surface area contributed by atoms with Crippen LogP contribution < -0.4 is 10.1 Å². The number of nitrogens with one attached hydrogen (secondary N) is 1. The van der Waals surface area contributed by atoms with Crippen molar-refractivity contribution in [3.8, 4) is 5.75 Å². The first-order valence-corrected chi connectivity index (χ1v) is 10.8. The number of halogens is 2. The van der Waals surface area contributed by atoms with E-state index in [9.17, 15) is 26.8 Å². The van der Waals surface area contributed by atoms with Crippen molar-refractivity contribution in [1.82, 2.24) is 8.87 Å². The second kappa shape index (κ2) is 9.43. The van der Waals surface area contributed by atoms with Gasteiger partial charge < -0.3 is 19.4 Å². The third-order valence-electron chi connectivity index (χ3n) is 4.59. The van der Waals surface area contributed by atoms with Crippen molar-refractivity contribution in [1.29, 1.82) is 0 Å². The number of anilines is 1. The van der Waals surface area contributed by atoms with Gasteiger partial charge in [-0.3, -0.25) is 4.79 Å². The number of esters is 1. The summed E-state index contributed by atoms with van der Waals surface area (Å²) >= 11 is 0. The maximum absolute atomic E-state index is 12.6. The molecule has 31 heavy (non-hydrogen) atoms. The molecule has 9 nitrogen and oxygen atoms in total. The molecular weight excluding hydrogens is 436 g/mol. The largest absolute Gasteiger partial charge is 0.451 e. The van der Waals surface area contributed by atoms with E-state index in [2.05, 4.69) is 10.1 Å². The Morgan fingerprint density at radius 3 is 2.42 bits per heavy atom. The van der Waals surface area contributed by atoms with Gasteiger partial charge in [0.05, 0.1) is 0 Å². The van der Waals surface area contributed by atoms with Crippen LogP contribution in [0.4, 0.5) is 14.5 Å². The predicted molar refractivity (Wildman–Crippen MR) is 105 cm³/mol. The molecule has 0 saturated carbocycles. The molecule has 1 fully saturated rings. The van der Waals surface area contributed by atoms with Gasteiger partial charge in [-0.2, -0.15) is 13.1 Å². The Bertz CT molecular complexity index is 1050. The minimum absolute atomic E-state index is 0.0144. The number of ether oxygens (including phenoxy) is 2. The zero-order chi connectivity index (χ0) is 22.6. The molecule has 12 heteroatoms. The Kier molecular flexibility index (Phi) is 6.91. The monoisotopic (exact) mass is 457 g/mol. The summed E-state index contributed by atoms with van der Waals surface area (Å²) in [5.74, 6) is -1.58. The quantitative estimate of drug-likeness (QED) is 0.609. The number of hydrogen-bond donors (Lipinski definition) is 1. The standard InChI is InChI=1S/C19H21F2N3O6S/c1-23-11-15(31(27,28)24-8-2-3-9-24)10-16(23)18(26)29-12-17(25)22-13-4-6-14(7-5-13)30-19(20)21/h4-7,10-11,19H,2-3,8-9,12H2,1H3,(H,22,25). The van der Waals surface area contributed by atoms with Crippen molar-refractivity contribution in [3.63, 3.8) is 0 Å². The van der Waals surface area contributed by atoms with Crippen molar-refractivity contribution in [2.24, 2.45) is 7.05 Å². The van der Waals surface area contributed by atoms with Gasteiger partial charge in [0.1, 0.15) is 16.3 Å². The van der Waals surface area contributed by atoms with Crippen molar-refractivity contribution in [3.05, 3.63) is 42.2 Å². The minimum atomic E-state index is -3.69. The third-order valence-corrected chi connectivity index (χ3v) is 6.45. The summed E-state index contributed by atoms with van der Waals surface area (Å²) in [5, 5.41) is 2.44. The van der Waals surface area contributed by atoms with Gasteiger partial charge in [0.2, 0.25) is 10.0 Å². The third kappa shape index (κ3) is 5.58. The van der Waals surface area contributed by atoms with Crippen molar-refractivity contribution in [2.45, 2.75) is 24.3 Å². The molecule has 3 rings (SSSR count). The zero-order valence-corrected chi connectivity index (χ0v) is 17.4. The van der Waals surface area contributed by atoms with E-state index >= 15 is 0 Å². The Balaban J connectivity index is 1.57. The van der Waals surface area contributed by atoms with Crippen molar-refractivity contribution in [2.75, 3.05) is 25.0 Å². The fraction of sp³-hybridized carbons (Fsp3) is 0.368. The van der Waals surface area contributed by atoms with Crippen LogP contribution in [-0.4, -0.2) is 55.5 Å². The molecule has 0 atom stereocenters. The Morgan fingerprint density at radius 1 is 1.16 bits per heavy atom. The molecule has 1 N–H and O–H groups in total. The lowest BCUT2D eigenvalue weighted by atomic mass is 10.3. The molecule has 0 unspecified atom stereocenters. The maximum Gasteiger partial charge on any atom is 0.387 e. The highest BCUT2D eigenvalue weighted by Crippen LogP contribution is 2.23. The first-order valence-electron chi connectivity index (χ1n) is 9.35. The topological polar surface area (TPSA) is 107 Å². The Hall–Kier alpha value is -2.99. The minimum Gasteiger partial charge on any atom is -0.451 e. The maximum atomic E-state index is 12.6. The molecule has 1 saturated heterocycles. The lowest BCUT2D eigenvalue weighted by Gasteiger charge is -2.13. The molecule has 168 valence electrons. The van der Waals surface area contributed by atoms with E-state index in [0.717, 1.165) is 12.8 Å². The molecule has 1 aromatic heterocycles. The number of alkyl halides is 2. The summed E-state index contributed by atoms with van der Waals surface area (Å²) in [4.78, 5) is 24.3. The number of benzene rings is 1. The van der Waals surface area contributed by atoms with Gasteiger partial charge in [0.15, 0.2) is 6.61 Å². The summed E-state index contributed by atoms with van der Waals surface area (Å²) in [6, 6.07) is 6.42. The summed E-state index contributed by atoms with van der Waals surface area (Å²) in [5.41, 5.74) is 0.277. The summed E-state index contributed by atoms with van der Waals surface area (Å²) in [7, 11) is -2.19. The molecule has 0 spiro atoms. The molecule has 0 radical (unpaired) electrons. The number of sulfonamides is 1. The number of rotatable bonds is 8. The second-order valence-corrected chi connectivity index (χ2v) is 8.75. The SMILES string of the molecule is Cn1cc(S(=O)(=O)N2CCCC2)cc1C(=O)OCC(=O)Nc1ccc(OC(F)F)cc1. The number of aromatic nitrogens is 1. The Labute approximate surface area is 177 Å². The average molecular weight is 457 g/mol. The fourth-order valence-corrected chi connectivity index (χ4v) is 4.67. The summed E-state index contributed by atoms with van der Waals surface area (Å²) in [6.45, 7) is -2.70. The number of aryl methyl sites for hydroxylation is 1. The van der Waals surface area contributed by atoms with Crippen LogP contribution in [-0.2, 0) is 26.6 Å². The lowest BCUT2D eigenvalue weighted by Crippen LogP contribution is -2.27. The van der Waals surface area contributed by atoms with E-state index in [1.165, 1.54) is 52.4 Å². The highest BCUT2D eigenvalue weighted by Gasteiger charge is 2.29. The van der Waals surface area contributed by atoms with Crippen LogP contribution in [0.25, 0.3) is 0 Å². The van der Waals surface area contributed by atoms with Gasteiger partial charge in [0, 0.05) is 32.0 Å². The van der Waals surface area contributed by atoms with Crippen LogP contribution in [0.1, 0.15) is 23.3 Å². The van der Waals surface area contributed by atoms with E-state index in [-0.39, 0.29) is 16.3 Å². The first-order chi connectivity index (χ1) is 14.7. The molecule has 1 aromatic carbocycles. The summed E-state index contributed by atoms with van der Waals surface area (Å²) in [6.07, 6.45) is 2.91. The molecule has 1 aliphatic heterocycles. The van der Waals surface area contributed by atoms with E-state index in [0.29, 0.717) is 18.8 Å². The van der Waals surface area contributed by atoms with Crippen LogP contribution in [0.3, 0.4) is 0 Å². The van der Waals surface area contributed by atoms with Gasteiger partial charge in [0.25, 0.3) is 5.91 Å². The normalized spacial score (nSPS) is 14.6. The number of carbonyl (C=O) groups excluding carboxylic acids is 2. The number of nitrogens with zero attached hydrogens (tertiary/aromatic N) is 2.